The van der Waals surface area contributed by atoms with Crippen molar-refractivity contribution < 1.29 is 23.6 Å². The van der Waals surface area contributed by atoms with Crippen LogP contribution in [0.4, 0.5) is 10.1 Å². The first-order chi connectivity index (χ1) is 13.4. The fourth-order valence-corrected chi connectivity index (χ4v) is 3.17. The summed E-state index contributed by atoms with van der Waals surface area (Å²) < 4.78 is 18.4. The van der Waals surface area contributed by atoms with E-state index in [-0.39, 0.29) is 18.2 Å². The van der Waals surface area contributed by atoms with Crippen molar-refractivity contribution in [3.05, 3.63) is 69.8 Å². The maximum absolute atomic E-state index is 13.2. The number of rotatable bonds is 6. The maximum Gasteiger partial charge on any atom is 0.336 e. The number of nitrogens with one attached hydrogen (secondary N) is 2. The van der Waals surface area contributed by atoms with Crippen LogP contribution in [-0.4, -0.2) is 24.6 Å². The summed E-state index contributed by atoms with van der Waals surface area (Å²) >= 11 is 0. The van der Waals surface area contributed by atoms with Crippen LogP contribution in [0.25, 0.3) is 11.0 Å². The molecule has 28 heavy (non-hydrogen) atoms. The number of aromatic hydroxyl groups is 1. The molecule has 1 atom stereocenters. The van der Waals surface area contributed by atoms with Gasteiger partial charge in [-0.3, -0.25) is 4.79 Å². The Morgan fingerprint density at radius 2 is 2.00 bits per heavy atom. The molecule has 1 amide bonds. The summed E-state index contributed by atoms with van der Waals surface area (Å²) in [5.74, 6) is -0.594. The van der Waals surface area contributed by atoms with E-state index >= 15 is 0 Å². The SMILES string of the molecule is CCc1cc2c(C[NH+](C)CC(=O)Nc3cccc(F)c3)cc(=O)oc2cc1O. The zero-order valence-corrected chi connectivity index (χ0v) is 15.7. The van der Waals surface area contributed by atoms with E-state index in [4.69, 9.17) is 4.42 Å². The second-order valence-corrected chi connectivity index (χ2v) is 6.79. The predicted octanol–water partition coefficient (Wildman–Crippen LogP) is 1.85. The first kappa shape index (κ1) is 19.6. The molecule has 1 heterocycles. The molecule has 1 unspecified atom stereocenters. The van der Waals surface area contributed by atoms with Crippen LogP contribution in [0.3, 0.4) is 0 Å². The third kappa shape index (κ3) is 4.55. The Balaban J connectivity index is 1.77. The lowest BCUT2D eigenvalue weighted by atomic mass is 10.0. The van der Waals surface area contributed by atoms with Gasteiger partial charge in [-0.1, -0.05) is 13.0 Å². The summed E-state index contributed by atoms with van der Waals surface area (Å²) in [6.07, 6.45) is 0.638. The van der Waals surface area contributed by atoms with Crippen molar-refractivity contribution in [2.24, 2.45) is 0 Å². The molecule has 2 aromatic carbocycles. The van der Waals surface area contributed by atoms with Crippen LogP contribution in [0.2, 0.25) is 0 Å². The molecule has 3 aromatic rings. The quantitative estimate of drug-likeness (QED) is 0.566. The third-order valence-corrected chi connectivity index (χ3v) is 4.47. The average molecular weight is 385 g/mol. The van der Waals surface area contributed by atoms with E-state index in [1.807, 2.05) is 20.0 Å². The van der Waals surface area contributed by atoms with Gasteiger partial charge in [-0.05, 0) is 36.2 Å². The molecule has 146 valence electrons. The van der Waals surface area contributed by atoms with Gasteiger partial charge in [0, 0.05) is 28.8 Å². The van der Waals surface area contributed by atoms with Crippen molar-refractivity contribution >= 4 is 22.6 Å². The van der Waals surface area contributed by atoms with Gasteiger partial charge in [0.2, 0.25) is 0 Å². The summed E-state index contributed by atoms with van der Waals surface area (Å²) in [5.41, 5.74) is 1.69. The highest BCUT2D eigenvalue weighted by Crippen LogP contribution is 2.26. The molecule has 0 aliphatic heterocycles. The minimum Gasteiger partial charge on any atom is -0.508 e. The Kier molecular flexibility index (Phi) is 5.75. The van der Waals surface area contributed by atoms with Gasteiger partial charge in [-0.25, -0.2) is 9.18 Å². The van der Waals surface area contributed by atoms with Crippen LogP contribution in [0.5, 0.6) is 5.75 Å². The molecule has 0 saturated heterocycles. The van der Waals surface area contributed by atoms with E-state index in [2.05, 4.69) is 5.32 Å². The van der Waals surface area contributed by atoms with Gasteiger partial charge in [0.05, 0.1) is 7.05 Å². The molecule has 0 spiro atoms. The first-order valence-electron chi connectivity index (χ1n) is 9.01. The van der Waals surface area contributed by atoms with Crippen LogP contribution in [0.15, 0.2) is 51.7 Å². The van der Waals surface area contributed by atoms with Gasteiger partial charge in [0.1, 0.15) is 23.7 Å². The van der Waals surface area contributed by atoms with E-state index in [0.717, 1.165) is 21.4 Å². The van der Waals surface area contributed by atoms with E-state index in [9.17, 15) is 19.1 Å². The fraction of sp³-hybridized carbons (Fsp3) is 0.238. The number of carbonyl (C=O) groups is 1. The molecule has 0 fully saturated rings. The molecule has 0 aliphatic carbocycles. The topological polar surface area (TPSA) is 84.0 Å². The average Bonchev–Trinajstić information content (AvgIpc) is 2.60. The Labute approximate surface area is 161 Å². The minimum absolute atomic E-state index is 0.0884. The highest BCUT2D eigenvalue weighted by molar-refractivity contribution is 5.91. The van der Waals surface area contributed by atoms with Crippen LogP contribution in [0, 0.1) is 5.82 Å². The Hall–Kier alpha value is -3.19. The number of benzene rings is 2. The van der Waals surface area contributed by atoms with Crippen LogP contribution >= 0.6 is 0 Å². The fourth-order valence-electron chi connectivity index (χ4n) is 3.17. The zero-order valence-electron chi connectivity index (χ0n) is 15.7. The van der Waals surface area contributed by atoms with E-state index in [1.54, 1.807) is 6.07 Å². The van der Waals surface area contributed by atoms with E-state index in [0.29, 0.717) is 24.2 Å². The second-order valence-electron chi connectivity index (χ2n) is 6.79. The molecule has 7 heteroatoms. The highest BCUT2D eigenvalue weighted by atomic mass is 19.1. The number of phenolic OH excluding ortho intramolecular Hbond substituents is 1. The van der Waals surface area contributed by atoms with Crippen molar-refractivity contribution in [3.8, 4) is 5.75 Å². The normalized spacial score (nSPS) is 12.1. The van der Waals surface area contributed by atoms with Crippen molar-refractivity contribution in [3.63, 3.8) is 0 Å². The summed E-state index contributed by atoms with van der Waals surface area (Å²) in [6.45, 7) is 2.47. The van der Waals surface area contributed by atoms with Crippen LogP contribution in [0.1, 0.15) is 18.1 Å². The van der Waals surface area contributed by atoms with Crippen molar-refractivity contribution in [2.45, 2.75) is 19.9 Å². The molecule has 0 radical (unpaired) electrons. The van der Waals surface area contributed by atoms with Crippen molar-refractivity contribution in [2.75, 3.05) is 18.9 Å². The first-order valence-corrected chi connectivity index (χ1v) is 9.01. The molecule has 0 saturated carbocycles. The number of aryl methyl sites for hydroxylation is 1. The monoisotopic (exact) mass is 385 g/mol. The minimum atomic E-state index is -0.511. The summed E-state index contributed by atoms with van der Waals surface area (Å²) in [5, 5.41) is 13.4. The lowest BCUT2D eigenvalue weighted by Gasteiger charge is -2.15. The molecule has 3 rings (SSSR count). The van der Waals surface area contributed by atoms with Crippen LogP contribution < -0.4 is 15.8 Å². The smallest absolute Gasteiger partial charge is 0.336 e. The lowest BCUT2D eigenvalue weighted by Crippen LogP contribution is -3.08. The molecule has 0 aliphatic rings. The van der Waals surface area contributed by atoms with Gasteiger partial charge >= 0.3 is 5.63 Å². The molecule has 3 N–H and O–H groups in total. The summed E-state index contributed by atoms with van der Waals surface area (Å²) in [6, 6.07) is 10.4. The van der Waals surface area contributed by atoms with Gasteiger partial charge in [0.15, 0.2) is 6.54 Å². The van der Waals surface area contributed by atoms with Gasteiger partial charge in [-0.15, -0.1) is 0 Å². The number of likely N-dealkylation sites (N-methyl/N-ethyl adjacent to an activating group) is 1. The number of phenols is 1. The van der Waals surface area contributed by atoms with E-state index < -0.39 is 11.4 Å². The number of halogens is 1. The molecular formula is C21H22FN2O4+. The molecular weight excluding hydrogens is 363 g/mol. The number of hydrogen-bond acceptors (Lipinski definition) is 4. The number of carbonyl (C=O) groups excluding carboxylic acids is 1. The van der Waals surface area contributed by atoms with Crippen molar-refractivity contribution in [1.82, 2.24) is 0 Å². The highest BCUT2D eigenvalue weighted by Gasteiger charge is 2.16. The number of fused-ring (bicyclic) bond motifs is 1. The standard InChI is InChI=1S/C21H21FN2O4/c1-3-13-7-17-14(8-21(27)28-19(17)10-18(13)25)11-24(2)12-20(26)23-16-6-4-5-15(22)9-16/h4-10,25H,3,11-12H2,1-2H3,(H,23,26)/p+1. The van der Waals surface area contributed by atoms with Gasteiger partial charge in [-0.2, -0.15) is 0 Å². The summed E-state index contributed by atoms with van der Waals surface area (Å²) in [4.78, 5) is 24.9. The molecule has 6 nitrogen and oxygen atoms in total. The molecule has 0 bridgehead atoms. The number of anilines is 1. The second kappa shape index (κ2) is 8.22. The lowest BCUT2D eigenvalue weighted by molar-refractivity contribution is -0.885. The number of quaternary nitrogens is 1. The zero-order chi connectivity index (χ0) is 20.3. The largest absolute Gasteiger partial charge is 0.508 e. The maximum atomic E-state index is 13.2. The summed E-state index contributed by atoms with van der Waals surface area (Å²) in [7, 11) is 1.83. The Morgan fingerprint density at radius 3 is 2.71 bits per heavy atom. The Morgan fingerprint density at radius 1 is 1.21 bits per heavy atom. The van der Waals surface area contributed by atoms with Gasteiger partial charge < -0.3 is 19.7 Å². The van der Waals surface area contributed by atoms with Crippen LogP contribution in [-0.2, 0) is 17.8 Å². The third-order valence-electron chi connectivity index (χ3n) is 4.47. The van der Waals surface area contributed by atoms with E-state index in [1.165, 1.54) is 30.3 Å². The molecule has 1 aromatic heterocycles. The predicted molar refractivity (Wildman–Crippen MR) is 104 cm³/mol. The van der Waals surface area contributed by atoms with Crippen molar-refractivity contribution in [1.29, 1.82) is 0 Å². The number of amides is 1. The van der Waals surface area contributed by atoms with Gasteiger partial charge in [0.25, 0.3) is 5.91 Å². The number of hydrogen-bond donors (Lipinski definition) is 3. The Bertz CT molecular complexity index is 1080.